The van der Waals surface area contributed by atoms with Gasteiger partial charge in [0.1, 0.15) is 11.8 Å². The predicted molar refractivity (Wildman–Crippen MR) is 124 cm³/mol. The zero-order valence-corrected chi connectivity index (χ0v) is 18.4. The van der Waals surface area contributed by atoms with Crippen molar-refractivity contribution < 1.29 is 29.0 Å². The van der Waals surface area contributed by atoms with E-state index in [0.717, 1.165) is 5.56 Å². The summed E-state index contributed by atoms with van der Waals surface area (Å²) in [6.07, 6.45) is 1.53. The highest BCUT2D eigenvalue weighted by molar-refractivity contribution is 6.21. The van der Waals surface area contributed by atoms with Crippen molar-refractivity contribution in [2.75, 3.05) is 12.0 Å². The van der Waals surface area contributed by atoms with Crippen LogP contribution in [0.1, 0.15) is 27.9 Å². The Kier molecular flexibility index (Phi) is 5.05. The topological polar surface area (TPSA) is 113 Å². The molecule has 34 heavy (non-hydrogen) atoms. The third-order valence-electron chi connectivity index (χ3n) is 5.76. The molecule has 2 aromatic carbocycles. The zero-order chi connectivity index (χ0) is 24.0. The molecule has 0 radical (unpaired) electrons. The minimum atomic E-state index is -1.08. The number of pyridine rings is 1. The van der Waals surface area contributed by atoms with Crippen molar-refractivity contribution in [1.82, 2.24) is 4.98 Å². The number of benzene rings is 2. The molecule has 3 heterocycles. The van der Waals surface area contributed by atoms with Gasteiger partial charge in [-0.15, -0.1) is 0 Å². The van der Waals surface area contributed by atoms with Crippen LogP contribution in [0.5, 0.6) is 11.5 Å². The summed E-state index contributed by atoms with van der Waals surface area (Å²) in [5, 5.41) is 22.0. The molecular weight excluding hydrogens is 436 g/mol. The van der Waals surface area contributed by atoms with Crippen LogP contribution in [0.3, 0.4) is 0 Å². The Bertz CT molecular complexity index is 1470. The number of ketones is 1. The number of ether oxygens (including phenoxy) is 1. The maximum Gasteiger partial charge on any atom is 0.294 e. The SMILES string of the molecule is COc1cccc2cc(C(=O)C3=C(O)C(=O)N(c4cc(C)ccc4O)C3c3ccccn3)oc12. The van der Waals surface area contributed by atoms with Crippen LogP contribution < -0.4 is 9.64 Å². The van der Waals surface area contributed by atoms with Crippen molar-refractivity contribution in [3.05, 3.63) is 95.2 Å². The molecule has 4 aromatic rings. The largest absolute Gasteiger partial charge is 0.506 e. The number of nitrogens with zero attached hydrogens (tertiary/aromatic N) is 2. The highest BCUT2D eigenvalue weighted by atomic mass is 16.5. The number of methoxy groups -OCH3 is 1. The fourth-order valence-electron chi connectivity index (χ4n) is 4.17. The van der Waals surface area contributed by atoms with Crippen molar-refractivity contribution in [3.8, 4) is 11.5 Å². The zero-order valence-electron chi connectivity index (χ0n) is 18.4. The number of furan rings is 1. The number of para-hydroxylation sites is 1. The summed E-state index contributed by atoms with van der Waals surface area (Å²) in [7, 11) is 1.49. The van der Waals surface area contributed by atoms with Crippen molar-refractivity contribution >= 4 is 28.3 Å². The van der Waals surface area contributed by atoms with Crippen molar-refractivity contribution in [2.45, 2.75) is 13.0 Å². The number of aliphatic hydroxyl groups excluding tert-OH is 1. The van der Waals surface area contributed by atoms with Gasteiger partial charge in [0.2, 0.25) is 5.78 Å². The van der Waals surface area contributed by atoms with E-state index in [1.807, 2.05) is 0 Å². The molecule has 1 aliphatic rings. The van der Waals surface area contributed by atoms with Crippen LogP contribution in [0.15, 0.2) is 82.6 Å². The van der Waals surface area contributed by atoms with E-state index < -0.39 is 23.5 Å². The molecule has 5 rings (SSSR count). The summed E-state index contributed by atoms with van der Waals surface area (Å²) >= 11 is 0. The Labute approximate surface area is 194 Å². The minimum absolute atomic E-state index is 0.0647. The maximum absolute atomic E-state index is 13.7. The molecule has 0 spiro atoms. The van der Waals surface area contributed by atoms with Gasteiger partial charge in [0, 0.05) is 11.6 Å². The fraction of sp³-hybridized carbons (Fsp3) is 0.115. The smallest absolute Gasteiger partial charge is 0.294 e. The van der Waals surface area contributed by atoms with Gasteiger partial charge in [-0.25, -0.2) is 0 Å². The lowest BCUT2D eigenvalue weighted by molar-refractivity contribution is -0.117. The lowest BCUT2D eigenvalue weighted by Gasteiger charge is -2.26. The first kappa shape index (κ1) is 21.3. The van der Waals surface area contributed by atoms with Gasteiger partial charge in [0.25, 0.3) is 5.91 Å². The molecule has 8 nitrogen and oxygen atoms in total. The van der Waals surface area contributed by atoms with Crippen LogP contribution in [-0.2, 0) is 4.79 Å². The first-order chi connectivity index (χ1) is 16.4. The molecule has 0 aliphatic carbocycles. The Hall–Kier alpha value is -4.59. The van der Waals surface area contributed by atoms with Crippen molar-refractivity contribution in [1.29, 1.82) is 0 Å². The first-order valence-electron chi connectivity index (χ1n) is 10.5. The molecule has 1 aliphatic heterocycles. The van der Waals surface area contributed by atoms with Crippen LogP contribution in [-0.4, -0.2) is 34.0 Å². The third kappa shape index (κ3) is 3.27. The monoisotopic (exact) mass is 456 g/mol. The molecular formula is C26H20N2O6. The summed E-state index contributed by atoms with van der Waals surface area (Å²) in [6.45, 7) is 1.81. The van der Waals surface area contributed by atoms with Crippen molar-refractivity contribution in [3.63, 3.8) is 0 Å². The van der Waals surface area contributed by atoms with E-state index in [2.05, 4.69) is 4.98 Å². The lowest BCUT2D eigenvalue weighted by atomic mass is 9.98. The van der Waals surface area contributed by atoms with Gasteiger partial charge in [-0.1, -0.05) is 24.3 Å². The second kappa shape index (κ2) is 8.08. The molecule has 0 bridgehead atoms. The molecule has 8 heteroatoms. The molecule has 1 atom stereocenters. The highest BCUT2D eigenvalue weighted by Crippen LogP contribution is 2.44. The molecule has 1 unspecified atom stereocenters. The van der Waals surface area contributed by atoms with E-state index in [1.165, 1.54) is 30.3 Å². The number of phenolic OH excluding ortho intramolecular Hbond substituents is 1. The van der Waals surface area contributed by atoms with Crippen LogP contribution in [0.2, 0.25) is 0 Å². The number of carbonyl (C=O) groups excluding carboxylic acids is 2. The Morgan fingerprint density at radius 1 is 1.09 bits per heavy atom. The van der Waals surface area contributed by atoms with E-state index in [-0.39, 0.29) is 22.8 Å². The number of anilines is 1. The summed E-state index contributed by atoms with van der Waals surface area (Å²) in [5.74, 6) is -2.01. The number of rotatable bonds is 5. The number of amides is 1. The summed E-state index contributed by atoms with van der Waals surface area (Å²) in [6, 6.07) is 15.5. The Morgan fingerprint density at radius 2 is 1.91 bits per heavy atom. The van der Waals surface area contributed by atoms with Gasteiger partial charge in [-0.2, -0.15) is 0 Å². The lowest BCUT2D eigenvalue weighted by Crippen LogP contribution is -2.31. The highest BCUT2D eigenvalue weighted by Gasteiger charge is 2.46. The normalized spacial score (nSPS) is 15.9. The van der Waals surface area contributed by atoms with Crippen LogP contribution in [0, 0.1) is 6.92 Å². The van der Waals surface area contributed by atoms with Crippen LogP contribution >= 0.6 is 0 Å². The number of aromatic hydroxyl groups is 1. The van der Waals surface area contributed by atoms with E-state index in [0.29, 0.717) is 22.4 Å². The number of aromatic nitrogens is 1. The van der Waals surface area contributed by atoms with Gasteiger partial charge in [-0.05, 0) is 48.9 Å². The number of hydrogen-bond acceptors (Lipinski definition) is 7. The number of Topliss-reactive ketones (excluding diaryl/α,β-unsaturated/α-hetero) is 1. The molecule has 2 N–H and O–H groups in total. The first-order valence-corrected chi connectivity index (χ1v) is 10.5. The number of hydrogen-bond donors (Lipinski definition) is 2. The van der Waals surface area contributed by atoms with E-state index >= 15 is 0 Å². The van der Waals surface area contributed by atoms with Crippen molar-refractivity contribution in [2.24, 2.45) is 0 Å². The second-order valence-electron chi connectivity index (χ2n) is 7.91. The Morgan fingerprint density at radius 3 is 2.65 bits per heavy atom. The van der Waals surface area contributed by atoms with Crippen LogP contribution in [0.25, 0.3) is 11.0 Å². The minimum Gasteiger partial charge on any atom is -0.506 e. The summed E-state index contributed by atoms with van der Waals surface area (Å²) in [5.41, 5.74) is 1.46. The molecule has 1 amide bonds. The van der Waals surface area contributed by atoms with E-state index in [9.17, 15) is 19.8 Å². The van der Waals surface area contributed by atoms with Gasteiger partial charge in [0.15, 0.2) is 22.9 Å². The average molecular weight is 456 g/mol. The summed E-state index contributed by atoms with van der Waals surface area (Å²) in [4.78, 5) is 32.4. The predicted octanol–water partition coefficient (Wildman–Crippen LogP) is 4.63. The number of phenols is 1. The second-order valence-corrected chi connectivity index (χ2v) is 7.91. The molecule has 2 aromatic heterocycles. The maximum atomic E-state index is 13.7. The third-order valence-corrected chi connectivity index (χ3v) is 5.76. The number of aryl methyl sites for hydroxylation is 1. The molecule has 0 fully saturated rings. The quantitative estimate of drug-likeness (QED) is 0.421. The van der Waals surface area contributed by atoms with E-state index in [1.54, 1.807) is 55.5 Å². The number of carbonyl (C=O) groups is 2. The summed E-state index contributed by atoms with van der Waals surface area (Å²) < 4.78 is 11.1. The van der Waals surface area contributed by atoms with Gasteiger partial charge in [0.05, 0.1) is 24.1 Å². The standard InChI is InChI=1S/C26H20N2O6/c1-14-9-10-18(29)17(12-14)28-22(16-7-3-4-11-27-16)21(24(31)26(28)32)23(30)20-13-15-6-5-8-19(33-2)25(15)34-20/h3-13,22,29,31H,1-2H3. The average Bonchev–Trinajstić information content (AvgIpc) is 3.40. The number of fused-ring (bicyclic) bond motifs is 1. The molecule has 0 saturated carbocycles. The molecule has 170 valence electrons. The Balaban J connectivity index is 1.68. The van der Waals surface area contributed by atoms with Gasteiger partial charge in [-0.3, -0.25) is 19.5 Å². The van der Waals surface area contributed by atoms with Crippen LogP contribution in [0.4, 0.5) is 5.69 Å². The van der Waals surface area contributed by atoms with Gasteiger partial charge >= 0.3 is 0 Å². The van der Waals surface area contributed by atoms with E-state index in [4.69, 9.17) is 9.15 Å². The molecule has 0 saturated heterocycles. The fourth-order valence-corrected chi connectivity index (χ4v) is 4.17. The number of aliphatic hydroxyl groups is 1. The van der Waals surface area contributed by atoms with Gasteiger partial charge < -0.3 is 19.4 Å².